The summed E-state index contributed by atoms with van der Waals surface area (Å²) in [6.45, 7) is 1.05. The van der Waals surface area contributed by atoms with E-state index in [1.54, 1.807) is 4.90 Å². The molecule has 4 nitrogen and oxygen atoms in total. The van der Waals surface area contributed by atoms with Gasteiger partial charge in [-0.05, 0) is 6.42 Å². The van der Waals surface area contributed by atoms with Crippen LogP contribution in [0.2, 0.25) is 0 Å². The second kappa shape index (κ2) is 3.69. The van der Waals surface area contributed by atoms with Gasteiger partial charge in [-0.1, -0.05) is 0 Å². The molecular formula is C7H14N2O2. The van der Waals surface area contributed by atoms with Gasteiger partial charge in [-0.15, -0.1) is 0 Å². The van der Waals surface area contributed by atoms with Crippen molar-refractivity contribution in [2.24, 2.45) is 5.73 Å². The number of rotatable bonds is 2. The first kappa shape index (κ1) is 8.49. The van der Waals surface area contributed by atoms with Gasteiger partial charge in [0, 0.05) is 25.6 Å². The van der Waals surface area contributed by atoms with Crippen LogP contribution in [0.1, 0.15) is 12.8 Å². The van der Waals surface area contributed by atoms with Gasteiger partial charge in [0.15, 0.2) is 0 Å². The lowest BCUT2D eigenvalue weighted by Gasteiger charge is -2.29. The third-order valence-corrected chi connectivity index (χ3v) is 1.91. The van der Waals surface area contributed by atoms with Crippen molar-refractivity contribution in [2.75, 3.05) is 19.7 Å². The average Bonchev–Trinajstić information content (AvgIpc) is 1.98. The van der Waals surface area contributed by atoms with Crippen molar-refractivity contribution in [1.82, 2.24) is 4.90 Å². The first-order valence-electron chi connectivity index (χ1n) is 3.88. The molecule has 11 heavy (non-hydrogen) atoms. The number of aliphatic hydroxyl groups is 1. The zero-order valence-corrected chi connectivity index (χ0v) is 6.49. The number of hydrogen-bond acceptors (Lipinski definition) is 3. The summed E-state index contributed by atoms with van der Waals surface area (Å²) in [5, 5.41) is 8.59. The van der Waals surface area contributed by atoms with Gasteiger partial charge in [0.05, 0.1) is 6.61 Å². The highest BCUT2D eigenvalue weighted by Gasteiger charge is 2.21. The summed E-state index contributed by atoms with van der Waals surface area (Å²) in [5.74, 6) is 0.112. The fourth-order valence-corrected chi connectivity index (χ4v) is 1.28. The Bertz CT molecular complexity index is 149. The molecule has 1 amide bonds. The van der Waals surface area contributed by atoms with Crippen molar-refractivity contribution < 1.29 is 9.90 Å². The van der Waals surface area contributed by atoms with Gasteiger partial charge in [0.2, 0.25) is 5.91 Å². The summed E-state index contributed by atoms with van der Waals surface area (Å²) in [7, 11) is 0. The van der Waals surface area contributed by atoms with Gasteiger partial charge in [-0.25, -0.2) is 0 Å². The van der Waals surface area contributed by atoms with E-state index >= 15 is 0 Å². The van der Waals surface area contributed by atoms with Gasteiger partial charge < -0.3 is 15.7 Å². The molecule has 1 aliphatic rings. The molecule has 4 heteroatoms. The van der Waals surface area contributed by atoms with Gasteiger partial charge >= 0.3 is 0 Å². The summed E-state index contributed by atoms with van der Waals surface area (Å²) in [6.07, 6.45) is 1.31. The number of carbonyl (C=O) groups is 1. The molecule has 1 aliphatic heterocycles. The van der Waals surface area contributed by atoms with Gasteiger partial charge in [0.1, 0.15) is 0 Å². The van der Waals surface area contributed by atoms with Crippen molar-refractivity contribution >= 4 is 5.91 Å². The van der Waals surface area contributed by atoms with Crippen molar-refractivity contribution in [3.05, 3.63) is 0 Å². The topological polar surface area (TPSA) is 66.6 Å². The van der Waals surface area contributed by atoms with Crippen LogP contribution in [0.25, 0.3) is 0 Å². The Hall–Kier alpha value is -0.610. The van der Waals surface area contributed by atoms with Gasteiger partial charge in [-0.3, -0.25) is 4.79 Å². The molecule has 0 spiro atoms. The largest absolute Gasteiger partial charge is 0.395 e. The van der Waals surface area contributed by atoms with Crippen molar-refractivity contribution in [1.29, 1.82) is 0 Å². The molecule has 0 aliphatic carbocycles. The maximum atomic E-state index is 11.1. The Morgan fingerprint density at radius 3 is 3.09 bits per heavy atom. The van der Waals surface area contributed by atoms with Crippen molar-refractivity contribution in [3.8, 4) is 0 Å². The van der Waals surface area contributed by atoms with Crippen LogP contribution in [-0.4, -0.2) is 41.7 Å². The predicted octanol–water partition coefficient (Wildman–Crippen LogP) is -1.07. The molecular weight excluding hydrogens is 144 g/mol. The van der Waals surface area contributed by atoms with Crippen LogP contribution in [0.3, 0.4) is 0 Å². The zero-order valence-electron chi connectivity index (χ0n) is 6.49. The number of aliphatic hydroxyl groups excluding tert-OH is 1. The number of nitrogens with two attached hydrogens (primary N) is 1. The minimum absolute atomic E-state index is 0.0263. The number of nitrogens with zero attached hydrogens (tertiary/aromatic N) is 1. The van der Waals surface area contributed by atoms with E-state index in [0.29, 0.717) is 19.5 Å². The Morgan fingerprint density at radius 1 is 1.73 bits per heavy atom. The highest BCUT2D eigenvalue weighted by Crippen LogP contribution is 2.08. The monoisotopic (exact) mass is 158 g/mol. The fourth-order valence-electron chi connectivity index (χ4n) is 1.28. The van der Waals surface area contributed by atoms with Crippen LogP contribution < -0.4 is 5.73 Å². The normalized spacial score (nSPS) is 25.8. The van der Waals surface area contributed by atoms with Crippen LogP contribution in [0.4, 0.5) is 0 Å². The molecule has 0 bridgehead atoms. The molecule has 1 saturated heterocycles. The highest BCUT2D eigenvalue weighted by atomic mass is 16.3. The number of piperidine rings is 1. The number of β-amino-alcohol motifs (C(OH)–C–C–N with tert-alkyl or cyclic N) is 1. The summed E-state index contributed by atoms with van der Waals surface area (Å²) < 4.78 is 0. The summed E-state index contributed by atoms with van der Waals surface area (Å²) in [4.78, 5) is 12.7. The lowest BCUT2D eigenvalue weighted by Crippen LogP contribution is -2.47. The Balaban J connectivity index is 2.40. The predicted molar refractivity (Wildman–Crippen MR) is 40.9 cm³/mol. The van der Waals surface area contributed by atoms with E-state index in [2.05, 4.69) is 0 Å². The van der Waals surface area contributed by atoms with Crippen LogP contribution in [0, 0.1) is 0 Å². The Morgan fingerprint density at radius 2 is 2.45 bits per heavy atom. The summed E-state index contributed by atoms with van der Waals surface area (Å²) in [6, 6.07) is 0.0965. The molecule has 3 N–H and O–H groups in total. The molecule has 0 radical (unpaired) electrons. The Labute approximate surface area is 66.0 Å². The molecule has 1 rings (SSSR count). The number of likely N-dealkylation sites (tertiary alicyclic amines) is 1. The molecule has 1 atom stereocenters. The molecule has 0 aromatic carbocycles. The summed E-state index contributed by atoms with van der Waals surface area (Å²) in [5.41, 5.74) is 5.64. The fraction of sp³-hybridized carbons (Fsp3) is 0.857. The summed E-state index contributed by atoms with van der Waals surface area (Å²) >= 11 is 0. The molecule has 64 valence electrons. The molecule has 1 fully saturated rings. The lowest BCUT2D eigenvalue weighted by molar-refractivity contribution is -0.134. The smallest absolute Gasteiger partial charge is 0.222 e. The average molecular weight is 158 g/mol. The second-order valence-corrected chi connectivity index (χ2v) is 2.86. The van der Waals surface area contributed by atoms with E-state index in [9.17, 15) is 4.79 Å². The van der Waals surface area contributed by atoms with E-state index in [0.717, 1.165) is 6.42 Å². The molecule has 1 heterocycles. The SMILES string of the molecule is NC1CCC(=O)N(CCO)C1. The van der Waals surface area contributed by atoms with E-state index in [4.69, 9.17) is 10.8 Å². The number of carbonyl (C=O) groups excluding carboxylic acids is 1. The maximum Gasteiger partial charge on any atom is 0.222 e. The van der Waals surface area contributed by atoms with E-state index in [-0.39, 0.29) is 18.6 Å². The maximum absolute atomic E-state index is 11.1. The quantitative estimate of drug-likeness (QED) is 0.537. The molecule has 0 aromatic rings. The Kier molecular flexibility index (Phi) is 2.84. The minimum Gasteiger partial charge on any atom is -0.395 e. The number of amides is 1. The second-order valence-electron chi connectivity index (χ2n) is 2.86. The zero-order chi connectivity index (χ0) is 8.27. The van der Waals surface area contributed by atoms with Crippen LogP contribution in [0.5, 0.6) is 0 Å². The van der Waals surface area contributed by atoms with Crippen molar-refractivity contribution in [3.63, 3.8) is 0 Å². The number of hydrogen-bond donors (Lipinski definition) is 2. The van der Waals surface area contributed by atoms with Crippen LogP contribution in [0.15, 0.2) is 0 Å². The third kappa shape index (κ3) is 2.17. The van der Waals surface area contributed by atoms with E-state index < -0.39 is 0 Å². The van der Waals surface area contributed by atoms with Gasteiger partial charge in [-0.2, -0.15) is 0 Å². The van der Waals surface area contributed by atoms with Crippen LogP contribution in [-0.2, 0) is 4.79 Å². The first-order chi connectivity index (χ1) is 5.24. The van der Waals surface area contributed by atoms with Crippen molar-refractivity contribution in [2.45, 2.75) is 18.9 Å². The molecule has 0 aromatic heterocycles. The minimum atomic E-state index is 0.0263. The lowest BCUT2D eigenvalue weighted by atomic mass is 10.1. The van der Waals surface area contributed by atoms with E-state index in [1.165, 1.54) is 0 Å². The standard InChI is InChI=1S/C7H14N2O2/c8-6-1-2-7(11)9(5-6)3-4-10/h6,10H,1-5,8H2. The van der Waals surface area contributed by atoms with Gasteiger partial charge in [0.25, 0.3) is 0 Å². The van der Waals surface area contributed by atoms with E-state index in [1.807, 2.05) is 0 Å². The third-order valence-electron chi connectivity index (χ3n) is 1.91. The van der Waals surface area contributed by atoms with Crippen LogP contribution >= 0.6 is 0 Å². The molecule has 0 saturated carbocycles. The highest BCUT2D eigenvalue weighted by molar-refractivity contribution is 5.77. The first-order valence-corrected chi connectivity index (χ1v) is 3.88. The molecule has 1 unspecified atom stereocenters.